The molecule has 1 aliphatic rings. The van der Waals surface area contributed by atoms with Crippen LogP contribution in [0, 0.1) is 0 Å². The lowest BCUT2D eigenvalue weighted by Gasteiger charge is -2.18. The Morgan fingerprint density at radius 3 is 2.03 bits per heavy atom. The van der Waals surface area contributed by atoms with Crippen LogP contribution in [0.2, 0.25) is 0 Å². The molecule has 0 spiro atoms. The maximum atomic E-state index is 12.5. The number of carbonyl (C=O) groups excluding carboxylic acids is 1. The predicted molar refractivity (Wildman–Crippen MR) is 138 cm³/mol. The Morgan fingerprint density at radius 1 is 0.857 bits per heavy atom. The van der Waals surface area contributed by atoms with Crippen molar-refractivity contribution in [2.45, 2.75) is 31.2 Å². The van der Waals surface area contributed by atoms with Gasteiger partial charge >= 0.3 is 12.1 Å². The molecule has 0 aromatic heterocycles. The highest BCUT2D eigenvalue weighted by Gasteiger charge is 2.29. The third-order valence-corrected chi connectivity index (χ3v) is 6.39. The summed E-state index contributed by atoms with van der Waals surface area (Å²) in [7, 11) is 0. The first-order valence-electron chi connectivity index (χ1n) is 11.7. The molecule has 4 rings (SSSR count). The van der Waals surface area contributed by atoms with Crippen molar-refractivity contribution >= 4 is 17.6 Å². The van der Waals surface area contributed by atoms with Gasteiger partial charge in [0.2, 0.25) is 0 Å². The van der Waals surface area contributed by atoms with Crippen LogP contribution < -0.4 is 5.32 Å². The van der Waals surface area contributed by atoms with Crippen LogP contribution in [0.5, 0.6) is 0 Å². The first-order valence-corrected chi connectivity index (χ1v) is 11.7. The van der Waals surface area contributed by atoms with Crippen LogP contribution in [0.15, 0.2) is 97.6 Å². The van der Waals surface area contributed by atoms with Gasteiger partial charge in [-0.2, -0.15) is 0 Å². The molecule has 0 fully saturated rings. The van der Waals surface area contributed by atoms with Gasteiger partial charge in [0.15, 0.2) is 0 Å². The van der Waals surface area contributed by atoms with E-state index >= 15 is 0 Å². The zero-order chi connectivity index (χ0) is 24.8. The van der Waals surface area contributed by atoms with Crippen LogP contribution in [-0.4, -0.2) is 29.8 Å². The van der Waals surface area contributed by atoms with Crippen molar-refractivity contribution in [3.63, 3.8) is 0 Å². The van der Waals surface area contributed by atoms with E-state index in [0.717, 1.165) is 39.0 Å². The molecule has 1 unspecified atom stereocenters. The van der Waals surface area contributed by atoms with Crippen LogP contribution >= 0.6 is 0 Å². The lowest BCUT2D eigenvalue weighted by atomic mass is 9.97. The largest absolute Gasteiger partial charge is 0.480 e. The number of hydrogen-bond acceptors (Lipinski definition) is 3. The molecule has 0 bridgehead atoms. The number of allylic oxidation sites excluding steroid dienone is 1. The van der Waals surface area contributed by atoms with E-state index in [1.165, 1.54) is 0 Å². The second-order valence-corrected chi connectivity index (χ2v) is 8.78. The molecular formula is C30H29NO4. The molecule has 0 saturated carbocycles. The number of benzene rings is 3. The topological polar surface area (TPSA) is 75.6 Å². The van der Waals surface area contributed by atoms with Crippen molar-refractivity contribution in [3.8, 4) is 11.1 Å². The highest BCUT2D eigenvalue weighted by molar-refractivity contribution is 5.81. The number of amides is 1. The zero-order valence-corrected chi connectivity index (χ0v) is 19.6. The van der Waals surface area contributed by atoms with Gasteiger partial charge in [-0.15, -0.1) is 0 Å². The number of carbonyl (C=O) groups is 2. The molecule has 178 valence electrons. The van der Waals surface area contributed by atoms with Crippen LogP contribution in [0.1, 0.15) is 41.9 Å². The first-order chi connectivity index (χ1) is 16.9. The number of hydrogen-bond donors (Lipinski definition) is 2. The van der Waals surface area contributed by atoms with Crippen molar-refractivity contribution < 1.29 is 19.4 Å². The van der Waals surface area contributed by atoms with E-state index in [-0.39, 0.29) is 18.9 Å². The van der Waals surface area contributed by atoms with Gasteiger partial charge in [0.05, 0.1) is 0 Å². The van der Waals surface area contributed by atoms with Gasteiger partial charge in [-0.05, 0) is 52.7 Å². The van der Waals surface area contributed by atoms with Crippen molar-refractivity contribution in [1.29, 1.82) is 0 Å². The number of aliphatic carboxylic acids is 1. The second-order valence-electron chi connectivity index (χ2n) is 8.78. The molecule has 5 nitrogen and oxygen atoms in total. The summed E-state index contributed by atoms with van der Waals surface area (Å²) in [6, 6.07) is 24.8. The summed E-state index contributed by atoms with van der Waals surface area (Å²) < 4.78 is 5.50. The Kier molecular flexibility index (Phi) is 7.46. The predicted octanol–water partition coefficient (Wildman–Crippen LogP) is 6.42. The summed E-state index contributed by atoms with van der Waals surface area (Å²) in [5.74, 6) is -1.21. The molecule has 0 aliphatic heterocycles. The number of nitrogens with one attached hydrogen (secondary N) is 1. The minimum atomic E-state index is -1.12. The molecule has 1 aliphatic carbocycles. The van der Waals surface area contributed by atoms with Gasteiger partial charge in [0.25, 0.3) is 0 Å². The van der Waals surface area contributed by atoms with E-state index in [1.807, 2.05) is 66.7 Å². The second kappa shape index (κ2) is 10.9. The SMILES string of the molecule is C=C(CCC(=C)c1ccccc1)CC(NC(=O)OCC1c2ccccc2-c2ccccc21)C(=O)O. The standard InChI is InChI=1S/C30H29NO4/c1-20(16-17-21(2)22-10-4-3-5-11-22)18-28(29(32)33)31-30(34)35-19-27-25-14-8-6-12-23(25)24-13-7-9-15-26(24)27/h3-15,27-28H,1-2,16-19H2,(H,31,34)(H,32,33). The Hall–Kier alpha value is -4.12. The van der Waals surface area contributed by atoms with Gasteiger partial charge in [-0.25, -0.2) is 9.59 Å². The number of carboxylic acid groups (broad SMARTS) is 1. The summed E-state index contributed by atoms with van der Waals surface area (Å²) in [6.45, 7) is 8.25. The van der Waals surface area contributed by atoms with Gasteiger partial charge in [-0.3, -0.25) is 0 Å². The zero-order valence-electron chi connectivity index (χ0n) is 19.6. The highest BCUT2D eigenvalue weighted by Crippen LogP contribution is 2.44. The summed E-state index contributed by atoms with van der Waals surface area (Å²) in [6.07, 6.45) is 0.631. The number of fused-ring (bicyclic) bond motifs is 3. The van der Waals surface area contributed by atoms with Crippen LogP contribution in [-0.2, 0) is 9.53 Å². The molecule has 0 saturated heterocycles. The summed E-state index contributed by atoms with van der Waals surface area (Å²) in [5.41, 5.74) is 7.21. The number of carboxylic acids is 1. The molecular weight excluding hydrogens is 438 g/mol. The lowest BCUT2D eigenvalue weighted by molar-refractivity contribution is -0.139. The minimum absolute atomic E-state index is 0.0876. The molecule has 3 aromatic carbocycles. The lowest BCUT2D eigenvalue weighted by Crippen LogP contribution is -2.41. The smallest absolute Gasteiger partial charge is 0.407 e. The average molecular weight is 468 g/mol. The monoisotopic (exact) mass is 467 g/mol. The molecule has 0 heterocycles. The molecule has 1 atom stereocenters. The van der Waals surface area contributed by atoms with Gasteiger partial charge in [-0.1, -0.05) is 97.6 Å². The third kappa shape index (κ3) is 5.69. The molecule has 5 heteroatoms. The molecule has 3 aromatic rings. The fourth-order valence-corrected chi connectivity index (χ4v) is 4.52. The third-order valence-electron chi connectivity index (χ3n) is 6.39. The average Bonchev–Trinajstić information content (AvgIpc) is 3.20. The quantitative estimate of drug-likeness (QED) is 0.338. The van der Waals surface area contributed by atoms with Gasteiger partial charge in [0, 0.05) is 5.92 Å². The molecule has 2 N–H and O–H groups in total. The Labute approximate surface area is 205 Å². The van der Waals surface area contributed by atoms with E-state index in [0.29, 0.717) is 12.8 Å². The van der Waals surface area contributed by atoms with E-state index in [1.54, 1.807) is 0 Å². The summed E-state index contributed by atoms with van der Waals surface area (Å²) in [4.78, 5) is 24.3. The van der Waals surface area contributed by atoms with Crippen LogP contribution in [0.4, 0.5) is 4.79 Å². The first kappa shape index (κ1) is 24.0. The fourth-order valence-electron chi connectivity index (χ4n) is 4.52. The maximum absolute atomic E-state index is 12.5. The van der Waals surface area contributed by atoms with Gasteiger partial charge in [0.1, 0.15) is 12.6 Å². The Balaban J connectivity index is 1.31. The highest BCUT2D eigenvalue weighted by atomic mass is 16.5. The van der Waals surface area contributed by atoms with E-state index in [4.69, 9.17) is 4.74 Å². The fraction of sp³-hybridized carbons (Fsp3) is 0.200. The van der Waals surface area contributed by atoms with E-state index < -0.39 is 18.1 Å². The van der Waals surface area contributed by atoms with Crippen LogP contribution in [0.3, 0.4) is 0 Å². The minimum Gasteiger partial charge on any atom is -0.480 e. The number of rotatable bonds is 10. The van der Waals surface area contributed by atoms with Gasteiger partial charge < -0.3 is 15.2 Å². The summed E-state index contributed by atoms with van der Waals surface area (Å²) in [5, 5.41) is 12.1. The van der Waals surface area contributed by atoms with Crippen LogP contribution in [0.25, 0.3) is 16.7 Å². The maximum Gasteiger partial charge on any atom is 0.407 e. The molecule has 35 heavy (non-hydrogen) atoms. The van der Waals surface area contributed by atoms with Crippen molar-refractivity contribution in [2.75, 3.05) is 6.61 Å². The van der Waals surface area contributed by atoms with Crippen molar-refractivity contribution in [2.24, 2.45) is 0 Å². The Morgan fingerprint density at radius 2 is 1.43 bits per heavy atom. The summed E-state index contributed by atoms with van der Waals surface area (Å²) >= 11 is 0. The normalized spacial score (nSPS) is 12.8. The Bertz CT molecular complexity index is 1200. The number of alkyl carbamates (subject to hydrolysis) is 1. The number of ether oxygens (including phenoxy) is 1. The molecule has 0 radical (unpaired) electrons. The van der Waals surface area contributed by atoms with E-state index in [2.05, 4.69) is 30.6 Å². The van der Waals surface area contributed by atoms with E-state index in [9.17, 15) is 14.7 Å². The molecule has 1 amide bonds. The van der Waals surface area contributed by atoms with Crippen molar-refractivity contribution in [1.82, 2.24) is 5.32 Å². The van der Waals surface area contributed by atoms with Crippen molar-refractivity contribution in [3.05, 3.63) is 114 Å².